The van der Waals surface area contributed by atoms with Gasteiger partial charge in [-0.15, -0.1) is 23.1 Å². The van der Waals surface area contributed by atoms with E-state index < -0.39 is 0 Å². The van der Waals surface area contributed by atoms with E-state index in [4.69, 9.17) is 26.3 Å². The molecule has 0 saturated carbocycles. The number of nitrogens with zero attached hydrogens (tertiary/aromatic N) is 2. The van der Waals surface area contributed by atoms with Gasteiger partial charge in [-0.25, -0.2) is 9.97 Å². The number of halogens is 1. The van der Waals surface area contributed by atoms with Gasteiger partial charge in [0, 0.05) is 27.5 Å². The molecule has 0 saturated heterocycles. The Morgan fingerprint density at radius 1 is 1.26 bits per heavy atom. The zero-order chi connectivity index (χ0) is 19.0. The molecule has 2 aromatic heterocycles. The first-order chi connectivity index (χ1) is 13.0. The van der Waals surface area contributed by atoms with Crippen molar-refractivity contribution in [2.45, 2.75) is 54.8 Å². The van der Waals surface area contributed by atoms with Crippen molar-refractivity contribution in [2.24, 2.45) is 0 Å². The molecule has 4 rings (SSSR count). The van der Waals surface area contributed by atoms with Crippen LogP contribution in [-0.2, 0) is 23.5 Å². The molecular weight excluding hydrogens is 416 g/mol. The maximum absolute atomic E-state index is 6.15. The molecule has 1 atom stereocenters. The van der Waals surface area contributed by atoms with Crippen LogP contribution in [0.25, 0.3) is 10.2 Å². The predicted molar refractivity (Wildman–Crippen MR) is 117 cm³/mol. The SMILES string of the molecule is CCC1(C)Cc2c(sc3nc(SC)nc(SCc4ccc(Cl)cc4)c23)CO1. The fourth-order valence-corrected chi connectivity index (χ4v) is 5.96. The van der Waals surface area contributed by atoms with E-state index in [1.54, 1.807) is 34.9 Å². The van der Waals surface area contributed by atoms with Gasteiger partial charge in [0.15, 0.2) is 5.16 Å². The lowest BCUT2D eigenvalue weighted by molar-refractivity contribution is -0.0543. The summed E-state index contributed by atoms with van der Waals surface area (Å²) in [5.74, 6) is 0.864. The molecule has 0 amide bonds. The fraction of sp³-hybridized carbons (Fsp3) is 0.400. The first-order valence-electron chi connectivity index (χ1n) is 8.89. The third-order valence-electron chi connectivity index (χ3n) is 5.00. The van der Waals surface area contributed by atoms with E-state index in [2.05, 4.69) is 26.0 Å². The highest BCUT2D eigenvalue weighted by molar-refractivity contribution is 7.99. The van der Waals surface area contributed by atoms with Crippen LogP contribution in [0.3, 0.4) is 0 Å². The maximum atomic E-state index is 6.15. The number of hydrogen-bond acceptors (Lipinski definition) is 6. The van der Waals surface area contributed by atoms with Gasteiger partial charge in [0.2, 0.25) is 0 Å². The Balaban J connectivity index is 1.74. The number of benzene rings is 1. The molecule has 1 unspecified atom stereocenters. The number of fused-ring (bicyclic) bond motifs is 3. The number of rotatable bonds is 5. The molecule has 1 aromatic carbocycles. The number of aromatic nitrogens is 2. The summed E-state index contributed by atoms with van der Waals surface area (Å²) >= 11 is 11.1. The Morgan fingerprint density at radius 3 is 2.74 bits per heavy atom. The zero-order valence-electron chi connectivity index (χ0n) is 15.5. The smallest absolute Gasteiger partial charge is 0.189 e. The lowest BCUT2D eigenvalue weighted by atomic mass is 9.90. The van der Waals surface area contributed by atoms with Crippen molar-refractivity contribution in [3.8, 4) is 0 Å². The van der Waals surface area contributed by atoms with Gasteiger partial charge in [-0.3, -0.25) is 0 Å². The summed E-state index contributed by atoms with van der Waals surface area (Å²) in [5.41, 5.74) is 2.53. The summed E-state index contributed by atoms with van der Waals surface area (Å²) in [4.78, 5) is 12.0. The predicted octanol–water partition coefficient (Wildman–Crippen LogP) is 6.60. The van der Waals surface area contributed by atoms with E-state index in [0.29, 0.717) is 6.61 Å². The summed E-state index contributed by atoms with van der Waals surface area (Å²) in [5, 5.41) is 3.91. The van der Waals surface area contributed by atoms with E-state index in [-0.39, 0.29) is 5.60 Å². The molecule has 0 aliphatic carbocycles. The zero-order valence-corrected chi connectivity index (χ0v) is 18.7. The summed E-state index contributed by atoms with van der Waals surface area (Å²) in [7, 11) is 0. The largest absolute Gasteiger partial charge is 0.369 e. The minimum Gasteiger partial charge on any atom is -0.369 e. The van der Waals surface area contributed by atoms with Crippen molar-refractivity contribution in [1.29, 1.82) is 0 Å². The van der Waals surface area contributed by atoms with Gasteiger partial charge in [0.25, 0.3) is 0 Å². The van der Waals surface area contributed by atoms with Crippen molar-refractivity contribution in [1.82, 2.24) is 9.97 Å². The number of hydrogen-bond donors (Lipinski definition) is 0. The Hall–Kier alpha value is -0.790. The summed E-state index contributed by atoms with van der Waals surface area (Å²) in [6.45, 7) is 5.08. The van der Waals surface area contributed by atoms with Crippen LogP contribution >= 0.6 is 46.5 Å². The van der Waals surface area contributed by atoms with E-state index in [9.17, 15) is 0 Å². The Bertz CT molecular complexity index is 974. The fourth-order valence-electron chi connectivity index (χ4n) is 3.18. The van der Waals surface area contributed by atoms with Crippen LogP contribution < -0.4 is 0 Å². The molecule has 3 aromatic rings. The second-order valence-electron chi connectivity index (χ2n) is 6.88. The van der Waals surface area contributed by atoms with Gasteiger partial charge in [0.05, 0.1) is 12.2 Å². The van der Waals surface area contributed by atoms with Crippen LogP contribution in [0.2, 0.25) is 5.02 Å². The summed E-state index contributed by atoms with van der Waals surface area (Å²) in [6, 6.07) is 8.04. The molecule has 0 spiro atoms. The van der Waals surface area contributed by atoms with Gasteiger partial charge < -0.3 is 4.74 Å². The van der Waals surface area contributed by atoms with Crippen molar-refractivity contribution >= 4 is 56.7 Å². The molecule has 7 heteroatoms. The van der Waals surface area contributed by atoms with Crippen molar-refractivity contribution < 1.29 is 4.74 Å². The molecule has 3 nitrogen and oxygen atoms in total. The normalized spacial score (nSPS) is 19.4. The van der Waals surface area contributed by atoms with Crippen molar-refractivity contribution in [3.05, 3.63) is 45.3 Å². The average Bonchev–Trinajstić information content (AvgIpc) is 3.04. The van der Waals surface area contributed by atoms with Gasteiger partial charge >= 0.3 is 0 Å². The van der Waals surface area contributed by atoms with E-state index in [1.165, 1.54) is 21.4 Å². The van der Waals surface area contributed by atoms with Crippen LogP contribution in [0.5, 0.6) is 0 Å². The minimum atomic E-state index is -0.0999. The Morgan fingerprint density at radius 2 is 2.04 bits per heavy atom. The lowest BCUT2D eigenvalue weighted by Gasteiger charge is -2.33. The lowest BCUT2D eigenvalue weighted by Crippen LogP contribution is -2.33. The Labute approximate surface area is 177 Å². The van der Waals surface area contributed by atoms with Crippen LogP contribution in [-0.4, -0.2) is 21.8 Å². The third-order valence-corrected chi connectivity index (χ3v) is 7.95. The number of thioether (sulfide) groups is 2. The molecule has 0 radical (unpaired) electrons. The van der Waals surface area contributed by atoms with E-state index in [1.807, 2.05) is 18.4 Å². The first-order valence-corrected chi connectivity index (χ1v) is 12.3. The van der Waals surface area contributed by atoms with Crippen LogP contribution in [0.1, 0.15) is 36.3 Å². The summed E-state index contributed by atoms with van der Waals surface area (Å²) in [6.07, 6.45) is 3.95. The number of ether oxygens (including phenoxy) is 1. The summed E-state index contributed by atoms with van der Waals surface area (Å²) < 4.78 is 6.15. The molecular formula is C20H21ClN2OS3. The highest BCUT2D eigenvalue weighted by Crippen LogP contribution is 2.43. The molecule has 142 valence electrons. The quantitative estimate of drug-likeness (QED) is 0.255. The highest BCUT2D eigenvalue weighted by Gasteiger charge is 2.33. The second-order valence-corrected chi connectivity index (χ2v) is 10.1. The number of thiophene rings is 1. The first kappa shape index (κ1) is 19.5. The monoisotopic (exact) mass is 436 g/mol. The topological polar surface area (TPSA) is 35.0 Å². The minimum absolute atomic E-state index is 0.0999. The maximum Gasteiger partial charge on any atom is 0.189 e. The van der Waals surface area contributed by atoms with Gasteiger partial charge in [-0.05, 0) is 42.9 Å². The standard InChI is InChI=1S/C20H21ClN2OS3/c1-4-20(2)9-14-15(10-24-20)27-18-16(14)17(22-19(23-18)25-3)26-11-12-5-7-13(21)8-6-12/h5-8H,4,9-11H2,1-3H3. The average molecular weight is 437 g/mol. The van der Waals surface area contributed by atoms with Gasteiger partial charge in [-0.2, -0.15) is 0 Å². The molecule has 0 N–H and O–H groups in total. The van der Waals surface area contributed by atoms with Gasteiger partial charge in [-0.1, -0.05) is 42.4 Å². The molecule has 1 aliphatic heterocycles. The van der Waals surface area contributed by atoms with Gasteiger partial charge in [0.1, 0.15) is 9.86 Å². The second kappa shape index (κ2) is 7.91. The molecule has 0 fully saturated rings. The molecule has 3 heterocycles. The highest BCUT2D eigenvalue weighted by atomic mass is 35.5. The van der Waals surface area contributed by atoms with Crippen LogP contribution in [0.15, 0.2) is 34.4 Å². The van der Waals surface area contributed by atoms with Crippen molar-refractivity contribution in [2.75, 3.05) is 6.26 Å². The molecule has 0 bridgehead atoms. The van der Waals surface area contributed by atoms with Crippen LogP contribution in [0, 0.1) is 0 Å². The van der Waals surface area contributed by atoms with E-state index >= 15 is 0 Å². The van der Waals surface area contributed by atoms with Crippen molar-refractivity contribution in [3.63, 3.8) is 0 Å². The van der Waals surface area contributed by atoms with E-state index in [0.717, 1.165) is 38.6 Å². The molecule has 1 aliphatic rings. The molecule has 27 heavy (non-hydrogen) atoms. The Kier molecular flexibility index (Phi) is 5.72. The van der Waals surface area contributed by atoms with Crippen LogP contribution in [0.4, 0.5) is 0 Å². The third kappa shape index (κ3) is 4.01.